The number of carbonyl (C=O) groups excluding carboxylic acids is 1. The van der Waals surface area contributed by atoms with Gasteiger partial charge in [0.25, 0.3) is 5.91 Å². The molecule has 1 aliphatic carbocycles. The van der Waals surface area contributed by atoms with Crippen molar-refractivity contribution in [3.05, 3.63) is 29.8 Å². The molecule has 1 saturated carbocycles. The summed E-state index contributed by atoms with van der Waals surface area (Å²) in [4.78, 5) is 23.9. The predicted octanol–water partition coefficient (Wildman–Crippen LogP) is 0.881. The summed E-state index contributed by atoms with van der Waals surface area (Å²) >= 11 is 0. The van der Waals surface area contributed by atoms with Gasteiger partial charge in [-0.2, -0.15) is 0 Å². The zero-order valence-corrected chi connectivity index (χ0v) is 15.0. The Kier molecular flexibility index (Phi) is 5.31. The van der Waals surface area contributed by atoms with Gasteiger partial charge in [0.05, 0.1) is 16.9 Å². The molecule has 1 aliphatic heterocycles. The quantitative estimate of drug-likeness (QED) is 0.644. The number of carboxylic acid groups (broad SMARTS) is 1. The van der Waals surface area contributed by atoms with E-state index in [2.05, 4.69) is 10.0 Å². The van der Waals surface area contributed by atoms with Gasteiger partial charge in [0.15, 0.2) is 0 Å². The number of hydrogen-bond acceptors (Lipinski definition) is 5. The summed E-state index contributed by atoms with van der Waals surface area (Å²) in [7, 11) is -3.66. The molecule has 2 fully saturated rings. The monoisotopic (exact) mass is 382 g/mol. The van der Waals surface area contributed by atoms with E-state index in [1.807, 2.05) is 0 Å². The highest BCUT2D eigenvalue weighted by Gasteiger charge is 2.37. The Labute approximate surface area is 152 Å². The molecule has 8 nitrogen and oxygen atoms in total. The van der Waals surface area contributed by atoms with Crippen molar-refractivity contribution in [3.63, 3.8) is 0 Å². The summed E-state index contributed by atoms with van der Waals surface area (Å²) in [5.74, 6) is -1.49. The lowest BCUT2D eigenvalue weighted by Gasteiger charge is -2.36. The van der Waals surface area contributed by atoms with Gasteiger partial charge in [-0.1, -0.05) is 6.07 Å². The number of ether oxygens (including phenoxy) is 1. The van der Waals surface area contributed by atoms with Crippen molar-refractivity contribution >= 4 is 21.9 Å². The van der Waals surface area contributed by atoms with Crippen LogP contribution in [0.25, 0.3) is 0 Å². The third-order valence-corrected chi connectivity index (χ3v) is 6.14. The average molecular weight is 382 g/mol. The number of sulfonamides is 1. The first-order valence-electron chi connectivity index (χ1n) is 8.54. The Morgan fingerprint density at radius 1 is 1.23 bits per heavy atom. The van der Waals surface area contributed by atoms with Crippen molar-refractivity contribution in [2.24, 2.45) is 0 Å². The van der Waals surface area contributed by atoms with E-state index in [-0.39, 0.29) is 22.9 Å². The average Bonchev–Trinajstić information content (AvgIpc) is 3.38. The number of nitrogens with one attached hydrogen (secondary N) is 2. The van der Waals surface area contributed by atoms with Gasteiger partial charge in [0.2, 0.25) is 10.0 Å². The summed E-state index contributed by atoms with van der Waals surface area (Å²) in [5.41, 5.74) is -0.706. The van der Waals surface area contributed by atoms with Crippen LogP contribution >= 0.6 is 0 Å². The minimum Gasteiger partial charge on any atom is -0.481 e. The summed E-state index contributed by atoms with van der Waals surface area (Å²) < 4.78 is 32.5. The van der Waals surface area contributed by atoms with Gasteiger partial charge in [-0.3, -0.25) is 9.59 Å². The molecule has 0 unspecified atom stereocenters. The number of hydrogen-bond donors (Lipinski definition) is 3. The first kappa shape index (κ1) is 18.8. The number of carbonyl (C=O) groups is 2. The summed E-state index contributed by atoms with van der Waals surface area (Å²) in [6.45, 7) is 0.737. The molecule has 2 aliphatic rings. The SMILES string of the molecule is O=C(O)CC1(NC(=O)c2cccc(S(=O)(=O)NC3CC3)c2)CCOCC1. The molecular weight excluding hydrogens is 360 g/mol. The molecule has 0 aromatic heterocycles. The van der Waals surface area contributed by atoms with Crippen LogP contribution in [0.4, 0.5) is 0 Å². The smallest absolute Gasteiger partial charge is 0.305 e. The fourth-order valence-electron chi connectivity index (χ4n) is 3.00. The predicted molar refractivity (Wildman–Crippen MR) is 92.3 cm³/mol. The number of benzene rings is 1. The van der Waals surface area contributed by atoms with Gasteiger partial charge >= 0.3 is 5.97 Å². The van der Waals surface area contributed by atoms with Crippen molar-refractivity contribution in [3.8, 4) is 0 Å². The molecule has 26 heavy (non-hydrogen) atoms. The van der Waals surface area contributed by atoms with Crippen molar-refractivity contribution in [1.82, 2.24) is 10.0 Å². The Morgan fingerprint density at radius 3 is 2.54 bits per heavy atom. The Hall–Kier alpha value is -1.97. The summed E-state index contributed by atoms with van der Waals surface area (Å²) in [5, 5.41) is 12.0. The van der Waals surface area contributed by atoms with E-state index in [9.17, 15) is 23.1 Å². The van der Waals surface area contributed by atoms with Gasteiger partial charge < -0.3 is 15.2 Å². The van der Waals surface area contributed by atoms with Crippen LogP contribution in [0, 0.1) is 0 Å². The number of amides is 1. The lowest BCUT2D eigenvalue weighted by Crippen LogP contribution is -2.53. The zero-order chi connectivity index (χ0) is 18.8. The number of aliphatic carboxylic acids is 1. The van der Waals surface area contributed by atoms with Gasteiger partial charge in [-0.25, -0.2) is 13.1 Å². The van der Waals surface area contributed by atoms with Gasteiger partial charge in [0.1, 0.15) is 0 Å². The largest absolute Gasteiger partial charge is 0.481 e. The first-order valence-corrected chi connectivity index (χ1v) is 10.0. The van der Waals surface area contributed by atoms with Crippen molar-refractivity contribution < 1.29 is 27.9 Å². The second kappa shape index (κ2) is 7.34. The summed E-state index contributed by atoms with van der Waals surface area (Å²) in [6, 6.07) is 5.74. The van der Waals surface area contributed by atoms with E-state index in [0.29, 0.717) is 26.1 Å². The van der Waals surface area contributed by atoms with E-state index in [1.54, 1.807) is 0 Å². The minimum absolute atomic E-state index is 0.0244. The normalized spacial score (nSPS) is 19.7. The minimum atomic E-state index is -3.66. The molecule has 1 aromatic carbocycles. The van der Waals surface area contributed by atoms with Crippen LogP contribution in [0.1, 0.15) is 42.5 Å². The topological polar surface area (TPSA) is 122 Å². The third kappa shape index (κ3) is 4.60. The number of rotatable bonds is 7. The Bertz CT molecular complexity index is 797. The second-order valence-electron chi connectivity index (χ2n) is 6.84. The molecule has 1 heterocycles. The second-order valence-corrected chi connectivity index (χ2v) is 8.55. The Morgan fingerprint density at radius 2 is 1.92 bits per heavy atom. The first-order chi connectivity index (χ1) is 12.3. The van der Waals surface area contributed by atoms with Crippen LogP contribution in [-0.4, -0.2) is 50.2 Å². The van der Waals surface area contributed by atoms with E-state index in [4.69, 9.17) is 4.74 Å². The molecule has 1 aromatic rings. The molecule has 3 rings (SSSR count). The molecule has 3 N–H and O–H groups in total. The fraction of sp³-hybridized carbons (Fsp3) is 0.529. The standard InChI is InChI=1S/C17H22N2O6S/c20-15(21)11-17(6-8-25-9-7-17)18-16(22)12-2-1-3-14(10-12)26(23,24)19-13-4-5-13/h1-3,10,13,19H,4-9,11H2,(H,18,22)(H,20,21). The molecule has 0 radical (unpaired) electrons. The third-order valence-electron chi connectivity index (χ3n) is 4.62. The maximum Gasteiger partial charge on any atom is 0.305 e. The number of carboxylic acids is 1. The molecular formula is C17H22N2O6S. The molecule has 9 heteroatoms. The van der Waals surface area contributed by atoms with Crippen LogP contribution in [-0.2, 0) is 19.6 Å². The molecule has 142 valence electrons. The maximum atomic E-state index is 12.7. The van der Waals surface area contributed by atoms with E-state index in [0.717, 1.165) is 12.8 Å². The van der Waals surface area contributed by atoms with Gasteiger partial charge in [0, 0.05) is 24.8 Å². The Balaban J connectivity index is 1.78. The van der Waals surface area contributed by atoms with Crippen molar-refractivity contribution in [2.75, 3.05) is 13.2 Å². The highest BCUT2D eigenvalue weighted by atomic mass is 32.2. The van der Waals surface area contributed by atoms with Crippen molar-refractivity contribution in [2.45, 2.75) is 48.6 Å². The fourth-order valence-corrected chi connectivity index (χ4v) is 4.35. The molecule has 1 saturated heterocycles. The molecule has 0 bridgehead atoms. The molecule has 1 amide bonds. The molecule has 0 atom stereocenters. The maximum absolute atomic E-state index is 12.7. The van der Waals surface area contributed by atoms with Crippen LogP contribution in [0.15, 0.2) is 29.2 Å². The van der Waals surface area contributed by atoms with Crippen molar-refractivity contribution in [1.29, 1.82) is 0 Å². The zero-order valence-electron chi connectivity index (χ0n) is 14.2. The molecule has 0 spiro atoms. The van der Waals surface area contributed by atoms with E-state index in [1.165, 1.54) is 24.3 Å². The highest BCUT2D eigenvalue weighted by Crippen LogP contribution is 2.26. The highest BCUT2D eigenvalue weighted by molar-refractivity contribution is 7.89. The van der Waals surface area contributed by atoms with Crippen LogP contribution in [0.5, 0.6) is 0 Å². The van der Waals surface area contributed by atoms with E-state index >= 15 is 0 Å². The van der Waals surface area contributed by atoms with Crippen LogP contribution in [0.3, 0.4) is 0 Å². The van der Waals surface area contributed by atoms with E-state index < -0.39 is 27.4 Å². The lowest BCUT2D eigenvalue weighted by atomic mass is 9.86. The summed E-state index contributed by atoms with van der Waals surface area (Å²) in [6.07, 6.45) is 2.22. The van der Waals surface area contributed by atoms with Crippen LogP contribution < -0.4 is 10.0 Å². The van der Waals surface area contributed by atoms with Gasteiger partial charge in [-0.05, 0) is 43.9 Å². The van der Waals surface area contributed by atoms with Gasteiger partial charge in [-0.15, -0.1) is 0 Å². The van der Waals surface area contributed by atoms with Crippen LogP contribution in [0.2, 0.25) is 0 Å². The lowest BCUT2D eigenvalue weighted by molar-refractivity contribution is -0.139.